The Bertz CT molecular complexity index is 751. The zero-order valence-corrected chi connectivity index (χ0v) is 18.1. The normalized spacial score (nSPS) is 13.1. The number of carbonyl (C=O) groups is 1. The van der Waals surface area contributed by atoms with Crippen molar-refractivity contribution in [1.82, 2.24) is 0 Å². The van der Waals surface area contributed by atoms with Crippen molar-refractivity contribution in [2.75, 3.05) is 13.2 Å². The van der Waals surface area contributed by atoms with Gasteiger partial charge in [0.15, 0.2) is 0 Å². The molecule has 0 radical (unpaired) electrons. The van der Waals surface area contributed by atoms with Gasteiger partial charge in [-0.1, -0.05) is 90.1 Å². The summed E-state index contributed by atoms with van der Waals surface area (Å²) in [6.45, 7) is 13.3. The minimum Gasteiger partial charge on any atom is -0.489 e. The molecule has 28 heavy (non-hydrogen) atoms. The summed E-state index contributed by atoms with van der Waals surface area (Å²) in [4.78, 5) is 12.7. The van der Waals surface area contributed by atoms with Crippen molar-refractivity contribution in [2.45, 2.75) is 48.0 Å². The van der Waals surface area contributed by atoms with Crippen molar-refractivity contribution in [2.24, 2.45) is 16.7 Å². The molecule has 0 bridgehead atoms. The molecular formula is C25H34O3. The van der Waals surface area contributed by atoms with Crippen LogP contribution in [-0.4, -0.2) is 19.2 Å². The Kier molecular flexibility index (Phi) is 7.29. The van der Waals surface area contributed by atoms with Crippen molar-refractivity contribution in [3.8, 4) is 16.9 Å². The number of rotatable bonds is 7. The Morgan fingerprint density at radius 2 is 1.46 bits per heavy atom. The summed E-state index contributed by atoms with van der Waals surface area (Å²) in [5, 5.41) is 0. The predicted molar refractivity (Wildman–Crippen MR) is 115 cm³/mol. The predicted octanol–water partition coefficient (Wildman–Crippen LogP) is 6.37. The molecule has 0 fully saturated rings. The van der Waals surface area contributed by atoms with Crippen LogP contribution in [0.3, 0.4) is 0 Å². The van der Waals surface area contributed by atoms with E-state index in [-0.39, 0.29) is 29.3 Å². The van der Waals surface area contributed by atoms with Crippen LogP contribution in [0.1, 0.15) is 48.0 Å². The highest BCUT2D eigenvalue weighted by Crippen LogP contribution is 2.36. The molecule has 1 atom stereocenters. The van der Waals surface area contributed by atoms with Crippen molar-refractivity contribution >= 4 is 5.97 Å². The van der Waals surface area contributed by atoms with E-state index in [0.717, 1.165) is 23.3 Å². The maximum Gasteiger partial charge on any atom is 0.309 e. The van der Waals surface area contributed by atoms with Crippen molar-refractivity contribution in [3.63, 3.8) is 0 Å². The number of hydrogen-bond donors (Lipinski definition) is 0. The second-order valence-electron chi connectivity index (χ2n) is 9.56. The first-order valence-electron chi connectivity index (χ1n) is 10.0. The average Bonchev–Trinajstić information content (AvgIpc) is 2.62. The van der Waals surface area contributed by atoms with Gasteiger partial charge in [-0.3, -0.25) is 4.79 Å². The largest absolute Gasteiger partial charge is 0.489 e. The van der Waals surface area contributed by atoms with Crippen molar-refractivity contribution in [3.05, 3.63) is 54.6 Å². The van der Waals surface area contributed by atoms with Crippen LogP contribution >= 0.6 is 0 Å². The third-order valence-electron chi connectivity index (χ3n) is 4.70. The molecule has 0 aromatic heterocycles. The van der Waals surface area contributed by atoms with Crippen LogP contribution in [0.2, 0.25) is 0 Å². The maximum atomic E-state index is 12.7. The number of carbonyl (C=O) groups excluding carboxylic acids is 1. The fourth-order valence-corrected chi connectivity index (χ4v) is 3.20. The minimum atomic E-state index is -0.137. The molecule has 152 valence electrons. The molecule has 0 N–H and O–H groups in total. The van der Waals surface area contributed by atoms with Gasteiger partial charge in [-0.15, -0.1) is 0 Å². The van der Waals surface area contributed by atoms with Crippen LogP contribution < -0.4 is 4.74 Å². The highest BCUT2D eigenvalue weighted by Gasteiger charge is 2.35. The van der Waals surface area contributed by atoms with Crippen LogP contribution in [0.25, 0.3) is 11.1 Å². The van der Waals surface area contributed by atoms with E-state index >= 15 is 0 Å². The lowest BCUT2D eigenvalue weighted by molar-refractivity contribution is -0.154. The molecule has 0 aliphatic carbocycles. The zero-order chi connectivity index (χ0) is 20.8. The molecule has 2 rings (SSSR count). The summed E-state index contributed by atoms with van der Waals surface area (Å²) >= 11 is 0. The molecule has 3 nitrogen and oxygen atoms in total. The Morgan fingerprint density at radius 3 is 2.07 bits per heavy atom. The van der Waals surface area contributed by atoms with E-state index in [9.17, 15) is 4.79 Å². The van der Waals surface area contributed by atoms with Gasteiger partial charge in [0, 0.05) is 5.56 Å². The van der Waals surface area contributed by atoms with E-state index in [1.165, 1.54) is 0 Å². The lowest BCUT2D eigenvalue weighted by atomic mass is 9.72. The van der Waals surface area contributed by atoms with E-state index in [4.69, 9.17) is 9.47 Å². The molecule has 2 aromatic rings. The smallest absolute Gasteiger partial charge is 0.309 e. The second-order valence-corrected chi connectivity index (χ2v) is 9.56. The van der Waals surface area contributed by atoms with Gasteiger partial charge in [0.25, 0.3) is 0 Å². The number of benzene rings is 2. The molecular weight excluding hydrogens is 348 g/mol. The quantitative estimate of drug-likeness (QED) is 0.412. The van der Waals surface area contributed by atoms with E-state index in [0.29, 0.717) is 6.61 Å². The zero-order valence-electron chi connectivity index (χ0n) is 18.1. The monoisotopic (exact) mass is 382 g/mol. The third kappa shape index (κ3) is 6.70. The van der Waals surface area contributed by atoms with Crippen LogP contribution in [0, 0.1) is 16.7 Å². The maximum absolute atomic E-state index is 12.7. The van der Waals surface area contributed by atoms with Gasteiger partial charge in [0.1, 0.15) is 19.0 Å². The first-order chi connectivity index (χ1) is 13.1. The second kappa shape index (κ2) is 9.27. The Balaban J connectivity index is 1.95. The summed E-state index contributed by atoms with van der Waals surface area (Å²) in [6.07, 6.45) is 0.799. The topological polar surface area (TPSA) is 35.5 Å². The van der Waals surface area contributed by atoms with E-state index in [1.54, 1.807) is 0 Å². The molecule has 0 aliphatic heterocycles. The minimum absolute atomic E-state index is 0.0715. The summed E-state index contributed by atoms with van der Waals surface area (Å²) < 4.78 is 11.5. The fourth-order valence-electron chi connectivity index (χ4n) is 3.20. The fraction of sp³-hybridized carbons (Fsp3) is 0.480. The molecule has 0 saturated carbocycles. The molecule has 0 amide bonds. The van der Waals surface area contributed by atoms with Gasteiger partial charge >= 0.3 is 5.97 Å². The molecule has 0 spiro atoms. The number of ether oxygens (including phenoxy) is 2. The summed E-state index contributed by atoms with van der Waals surface area (Å²) in [5.74, 6) is 0.526. The average molecular weight is 383 g/mol. The van der Waals surface area contributed by atoms with Crippen LogP contribution in [0.5, 0.6) is 5.75 Å². The van der Waals surface area contributed by atoms with Crippen molar-refractivity contribution in [1.29, 1.82) is 0 Å². The Morgan fingerprint density at radius 1 is 0.857 bits per heavy atom. The van der Waals surface area contributed by atoms with Crippen LogP contribution in [0.15, 0.2) is 54.6 Å². The summed E-state index contributed by atoms with van der Waals surface area (Å²) in [6, 6.07) is 18.1. The molecule has 1 unspecified atom stereocenters. The van der Waals surface area contributed by atoms with Gasteiger partial charge in [0.05, 0.1) is 5.92 Å². The highest BCUT2D eigenvalue weighted by molar-refractivity contribution is 5.73. The molecule has 2 aromatic carbocycles. The lowest BCUT2D eigenvalue weighted by Crippen LogP contribution is -2.34. The van der Waals surface area contributed by atoms with E-state index < -0.39 is 0 Å². The van der Waals surface area contributed by atoms with Gasteiger partial charge in [-0.2, -0.15) is 0 Å². The molecule has 0 saturated heterocycles. The first kappa shape index (κ1) is 22.0. The summed E-state index contributed by atoms with van der Waals surface area (Å²) in [5.41, 5.74) is 2.08. The number of hydrogen-bond acceptors (Lipinski definition) is 3. The van der Waals surface area contributed by atoms with Gasteiger partial charge < -0.3 is 9.47 Å². The third-order valence-corrected chi connectivity index (χ3v) is 4.70. The standard InChI is InChI=1S/C25H34O3/c1-24(2,3)18-21(25(4,5)6)23(26)28-17-16-27-22-15-11-10-14-20(22)19-12-8-7-9-13-19/h7-15,21H,16-18H2,1-6H3. The van der Waals surface area contributed by atoms with Gasteiger partial charge in [-0.05, 0) is 28.9 Å². The van der Waals surface area contributed by atoms with E-state index in [2.05, 4.69) is 53.7 Å². The SMILES string of the molecule is CC(C)(C)CC(C(=O)OCCOc1ccccc1-c1ccccc1)C(C)(C)C. The molecule has 3 heteroatoms. The molecule has 0 heterocycles. The van der Waals surface area contributed by atoms with Crippen LogP contribution in [-0.2, 0) is 9.53 Å². The number of para-hydroxylation sites is 1. The molecule has 0 aliphatic rings. The van der Waals surface area contributed by atoms with Crippen LogP contribution in [0.4, 0.5) is 0 Å². The van der Waals surface area contributed by atoms with E-state index in [1.807, 2.05) is 42.5 Å². The lowest BCUT2D eigenvalue weighted by Gasteiger charge is -2.33. The first-order valence-corrected chi connectivity index (χ1v) is 10.0. The number of esters is 1. The van der Waals surface area contributed by atoms with Gasteiger partial charge in [-0.25, -0.2) is 0 Å². The Labute approximate surface area is 170 Å². The highest BCUT2D eigenvalue weighted by atomic mass is 16.6. The summed E-state index contributed by atoms with van der Waals surface area (Å²) in [7, 11) is 0. The Hall–Kier alpha value is -2.29. The van der Waals surface area contributed by atoms with Crippen molar-refractivity contribution < 1.29 is 14.3 Å². The van der Waals surface area contributed by atoms with Gasteiger partial charge in [0.2, 0.25) is 0 Å².